The van der Waals surface area contributed by atoms with E-state index < -0.39 is 0 Å². The van der Waals surface area contributed by atoms with Gasteiger partial charge in [0.2, 0.25) is 11.0 Å². The predicted molar refractivity (Wildman–Crippen MR) is 99.8 cm³/mol. The number of halogens is 1. The van der Waals surface area contributed by atoms with E-state index >= 15 is 0 Å². The number of nitrogens with two attached hydrogens (primary N) is 1. The molecule has 0 bridgehead atoms. The van der Waals surface area contributed by atoms with Crippen LogP contribution in [0.4, 0.5) is 9.52 Å². The maximum atomic E-state index is 13.4. The molecule has 0 aliphatic carbocycles. The van der Waals surface area contributed by atoms with Gasteiger partial charge in [0.05, 0.1) is 0 Å². The third-order valence-electron chi connectivity index (χ3n) is 3.83. The number of nitrogens with one attached hydrogen (secondary N) is 1. The lowest BCUT2D eigenvalue weighted by Gasteiger charge is -2.03. The third-order valence-corrected chi connectivity index (χ3v) is 4.64. The highest BCUT2D eigenvalue weighted by Gasteiger charge is 2.12. The lowest BCUT2D eigenvalue weighted by molar-refractivity contribution is 0.0954. The number of benzene rings is 2. The fourth-order valence-corrected chi connectivity index (χ4v) is 3.18. The molecule has 2 heterocycles. The SMILES string of the molecule is Nc1nnc(CCNC(=O)c2ccc3oc(-c4cccc(F)c4)nc3c2)s1. The Kier molecular flexibility index (Phi) is 4.51. The first-order chi connectivity index (χ1) is 13.1. The van der Waals surface area contributed by atoms with Gasteiger partial charge >= 0.3 is 0 Å². The molecule has 0 atom stereocenters. The Hall–Kier alpha value is -3.33. The molecule has 0 radical (unpaired) electrons. The zero-order valence-corrected chi connectivity index (χ0v) is 14.8. The van der Waals surface area contributed by atoms with Crippen molar-refractivity contribution in [2.24, 2.45) is 0 Å². The molecule has 0 spiro atoms. The molecular weight excluding hydrogens is 369 g/mol. The van der Waals surface area contributed by atoms with Crippen molar-refractivity contribution in [1.29, 1.82) is 0 Å². The molecule has 136 valence electrons. The maximum Gasteiger partial charge on any atom is 0.251 e. The summed E-state index contributed by atoms with van der Waals surface area (Å²) in [5, 5.41) is 11.6. The van der Waals surface area contributed by atoms with Crippen LogP contribution in [0.3, 0.4) is 0 Å². The fraction of sp³-hybridized carbons (Fsp3) is 0.111. The number of oxazole rings is 1. The Morgan fingerprint density at radius 3 is 2.89 bits per heavy atom. The van der Waals surface area contributed by atoms with E-state index in [1.165, 1.54) is 23.5 Å². The Morgan fingerprint density at radius 2 is 2.11 bits per heavy atom. The van der Waals surface area contributed by atoms with Gasteiger partial charge in [-0.2, -0.15) is 0 Å². The number of amides is 1. The van der Waals surface area contributed by atoms with Crippen LogP contribution >= 0.6 is 11.3 Å². The van der Waals surface area contributed by atoms with Crippen LogP contribution in [0.5, 0.6) is 0 Å². The van der Waals surface area contributed by atoms with Gasteiger partial charge in [-0.1, -0.05) is 17.4 Å². The van der Waals surface area contributed by atoms with Crippen molar-refractivity contribution >= 4 is 33.5 Å². The highest BCUT2D eigenvalue weighted by Crippen LogP contribution is 2.25. The smallest absolute Gasteiger partial charge is 0.251 e. The molecule has 0 unspecified atom stereocenters. The minimum Gasteiger partial charge on any atom is -0.436 e. The number of fused-ring (bicyclic) bond motifs is 1. The Bertz CT molecular complexity index is 1120. The molecule has 4 rings (SSSR count). The number of nitrogen functional groups attached to an aromatic ring is 1. The minimum atomic E-state index is -0.369. The lowest BCUT2D eigenvalue weighted by atomic mass is 10.2. The van der Waals surface area contributed by atoms with Gasteiger partial charge in [-0.3, -0.25) is 4.79 Å². The molecule has 0 saturated carbocycles. The molecule has 0 aliphatic heterocycles. The largest absolute Gasteiger partial charge is 0.436 e. The monoisotopic (exact) mass is 383 g/mol. The average Bonchev–Trinajstić information content (AvgIpc) is 3.27. The second kappa shape index (κ2) is 7.12. The summed E-state index contributed by atoms with van der Waals surface area (Å²) in [6.45, 7) is 0.416. The summed E-state index contributed by atoms with van der Waals surface area (Å²) in [6, 6.07) is 11.0. The minimum absolute atomic E-state index is 0.232. The van der Waals surface area contributed by atoms with E-state index in [0.717, 1.165) is 5.01 Å². The van der Waals surface area contributed by atoms with Gasteiger partial charge in [-0.25, -0.2) is 9.37 Å². The van der Waals surface area contributed by atoms with Crippen LogP contribution in [0.15, 0.2) is 46.9 Å². The summed E-state index contributed by atoms with van der Waals surface area (Å²) in [7, 11) is 0. The van der Waals surface area contributed by atoms with E-state index in [9.17, 15) is 9.18 Å². The molecule has 27 heavy (non-hydrogen) atoms. The van der Waals surface area contributed by atoms with Crippen LogP contribution in [0.2, 0.25) is 0 Å². The second-order valence-corrected chi connectivity index (χ2v) is 6.85. The molecule has 0 saturated heterocycles. The number of carbonyl (C=O) groups excluding carboxylic acids is 1. The first-order valence-electron chi connectivity index (χ1n) is 8.11. The van der Waals surface area contributed by atoms with Crippen molar-refractivity contribution in [1.82, 2.24) is 20.5 Å². The van der Waals surface area contributed by atoms with E-state index in [2.05, 4.69) is 20.5 Å². The van der Waals surface area contributed by atoms with Crippen molar-refractivity contribution in [2.45, 2.75) is 6.42 Å². The summed E-state index contributed by atoms with van der Waals surface area (Å²) >= 11 is 1.29. The van der Waals surface area contributed by atoms with Crippen LogP contribution in [0.1, 0.15) is 15.4 Å². The molecule has 7 nitrogen and oxygen atoms in total. The van der Waals surface area contributed by atoms with Gasteiger partial charge in [-0.15, -0.1) is 10.2 Å². The van der Waals surface area contributed by atoms with Crippen LogP contribution in [0.25, 0.3) is 22.6 Å². The Morgan fingerprint density at radius 1 is 1.22 bits per heavy atom. The van der Waals surface area contributed by atoms with Crippen LogP contribution in [0, 0.1) is 5.82 Å². The zero-order chi connectivity index (χ0) is 18.8. The predicted octanol–water partition coefficient (Wildman–Crippen LogP) is 3.04. The van der Waals surface area contributed by atoms with Crippen molar-refractivity contribution in [3.8, 4) is 11.5 Å². The average molecular weight is 383 g/mol. The number of hydrogen-bond donors (Lipinski definition) is 2. The molecular formula is C18H14FN5O2S. The molecule has 0 fully saturated rings. The topological polar surface area (TPSA) is 107 Å². The summed E-state index contributed by atoms with van der Waals surface area (Å²) in [5.41, 5.74) is 7.57. The molecule has 4 aromatic rings. The van der Waals surface area contributed by atoms with E-state index in [4.69, 9.17) is 10.2 Å². The molecule has 1 amide bonds. The normalized spacial score (nSPS) is 11.0. The lowest BCUT2D eigenvalue weighted by Crippen LogP contribution is -2.25. The van der Waals surface area contributed by atoms with Crippen molar-refractivity contribution in [3.63, 3.8) is 0 Å². The molecule has 2 aromatic carbocycles. The van der Waals surface area contributed by atoms with Gasteiger partial charge < -0.3 is 15.5 Å². The standard InChI is InChI=1S/C18H14FN5O2S/c19-12-3-1-2-11(8-12)17-22-13-9-10(4-5-14(13)26-17)16(25)21-7-6-15-23-24-18(20)27-15/h1-5,8-9H,6-7H2,(H2,20,24)(H,21,25). The number of hydrogen-bond acceptors (Lipinski definition) is 7. The van der Waals surface area contributed by atoms with E-state index in [1.807, 2.05) is 0 Å². The maximum absolute atomic E-state index is 13.4. The molecule has 9 heteroatoms. The van der Waals surface area contributed by atoms with Crippen LogP contribution in [-0.4, -0.2) is 27.6 Å². The van der Waals surface area contributed by atoms with Gasteiger partial charge in [0.25, 0.3) is 5.91 Å². The highest BCUT2D eigenvalue weighted by molar-refractivity contribution is 7.15. The quantitative estimate of drug-likeness (QED) is 0.549. The summed E-state index contributed by atoms with van der Waals surface area (Å²) in [6.07, 6.45) is 0.552. The fourth-order valence-electron chi connectivity index (χ4n) is 2.57. The van der Waals surface area contributed by atoms with Gasteiger partial charge in [0, 0.05) is 24.1 Å². The Balaban J connectivity index is 1.48. The zero-order valence-electron chi connectivity index (χ0n) is 14.0. The number of anilines is 1. The number of carbonyl (C=O) groups is 1. The highest BCUT2D eigenvalue weighted by atomic mass is 32.1. The number of nitrogens with zero attached hydrogens (tertiary/aromatic N) is 3. The third kappa shape index (κ3) is 3.77. The molecule has 2 aromatic heterocycles. The van der Waals surface area contributed by atoms with Gasteiger partial charge in [0.15, 0.2) is 5.58 Å². The first-order valence-corrected chi connectivity index (χ1v) is 8.93. The first kappa shape index (κ1) is 17.1. The van der Waals surface area contributed by atoms with Crippen LogP contribution < -0.4 is 11.1 Å². The van der Waals surface area contributed by atoms with Gasteiger partial charge in [0.1, 0.15) is 16.3 Å². The summed E-state index contributed by atoms with van der Waals surface area (Å²) < 4.78 is 19.0. The van der Waals surface area contributed by atoms with E-state index in [0.29, 0.717) is 46.2 Å². The van der Waals surface area contributed by atoms with Gasteiger partial charge in [-0.05, 0) is 36.4 Å². The van der Waals surface area contributed by atoms with Crippen molar-refractivity contribution in [3.05, 3.63) is 58.9 Å². The van der Waals surface area contributed by atoms with Crippen molar-refractivity contribution in [2.75, 3.05) is 12.3 Å². The number of rotatable bonds is 5. The number of aromatic nitrogens is 3. The van der Waals surface area contributed by atoms with E-state index in [-0.39, 0.29) is 11.7 Å². The molecule has 0 aliphatic rings. The molecule has 3 N–H and O–H groups in total. The van der Waals surface area contributed by atoms with E-state index in [1.54, 1.807) is 30.3 Å². The van der Waals surface area contributed by atoms with Crippen molar-refractivity contribution < 1.29 is 13.6 Å². The summed E-state index contributed by atoms with van der Waals surface area (Å²) in [4.78, 5) is 16.7. The van der Waals surface area contributed by atoms with Crippen LogP contribution in [-0.2, 0) is 6.42 Å². The Labute approximate surface area is 157 Å². The second-order valence-electron chi connectivity index (χ2n) is 5.75. The summed E-state index contributed by atoms with van der Waals surface area (Å²) in [5.74, 6) is -0.299.